The maximum Gasteiger partial charge on any atom is 0.296 e. The number of aromatic nitrogens is 9. The summed E-state index contributed by atoms with van der Waals surface area (Å²) in [5.74, 6) is 0.856. The molecule has 4 aromatic heterocycles. The van der Waals surface area contributed by atoms with Gasteiger partial charge in [-0.05, 0) is 38.3 Å². The van der Waals surface area contributed by atoms with Crippen molar-refractivity contribution in [1.29, 1.82) is 0 Å². The first-order chi connectivity index (χ1) is 18.9. The second-order valence-electron chi connectivity index (χ2n) is 9.40. The molecule has 1 aromatic carbocycles. The third kappa shape index (κ3) is 4.04. The standard InChI is InChI=1S/C25H26N10O4/c1-5-38-21-20(24(36)27-15-12-26-39-13-15)29-22(32(3)25(21)37)23-28-18-10-9-17(35-14(2)33(4)30-31-35)11-19(18)34(23)16-7-6-8-16/h9-13,16H,5-8H2,1-4H3/p+1. The molecule has 1 N–H and O–H groups in total. The molecule has 1 aliphatic carbocycles. The van der Waals surface area contributed by atoms with Gasteiger partial charge in [0.05, 0.1) is 30.9 Å². The number of hydrogen-bond acceptors (Lipinski definition) is 9. The van der Waals surface area contributed by atoms with E-state index in [-0.39, 0.29) is 29.9 Å². The van der Waals surface area contributed by atoms with Gasteiger partial charge in [-0.2, -0.15) is 0 Å². The van der Waals surface area contributed by atoms with E-state index in [0.29, 0.717) is 11.5 Å². The smallest absolute Gasteiger partial charge is 0.296 e. The summed E-state index contributed by atoms with van der Waals surface area (Å²) in [5.41, 5.74) is 2.15. The van der Waals surface area contributed by atoms with Crippen LogP contribution < -0.4 is 20.3 Å². The Morgan fingerprint density at radius 2 is 2.08 bits per heavy atom. The largest absolute Gasteiger partial charge is 0.486 e. The summed E-state index contributed by atoms with van der Waals surface area (Å²) in [5, 5.41) is 14.6. The highest BCUT2D eigenvalue weighted by Gasteiger charge is 2.30. The van der Waals surface area contributed by atoms with Crippen molar-refractivity contribution in [3.05, 3.63) is 52.5 Å². The summed E-state index contributed by atoms with van der Waals surface area (Å²) in [7, 11) is 3.44. The summed E-state index contributed by atoms with van der Waals surface area (Å²) < 4.78 is 17.3. The van der Waals surface area contributed by atoms with Crippen LogP contribution in [0.5, 0.6) is 5.75 Å². The van der Waals surface area contributed by atoms with Gasteiger partial charge < -0.3 is 19.1 Å². The van der Waals surface area contributed by atoms with Crippen molar-refractivity contribution < 1.29 is 18.7 Å². The lowest BCUT2D eigenvalue weighted by Crippen LogP contribution is -2.33. The Morgan fingerprint density at radius 1 is 1.26 bits per heavy atom. The van der Waals surface area contributed by atoms with Crippen molar-refractivity contribution >= 4 is 22.6 Å². The average Bonchev–Trinajstić information content (AvgIpc) is 3.62. The van der Waals surface area contributed by atoms with Gasteiger partial charge in [0.2, 0.25) is 5.75 Å². The first kappa shape index (κ1) is 24.5. The molecule has 14 nitrogen and oxygen atoms in total. The second kappa shape index (κ2) is 9.45. The molecule has 200 valence electrons. The Hall–Kier alpha value is -4.88. The normalized spacial score (nSPS) is 13.5. The molecule has 14 heteroatoms. The zero-order chi connectivity index (χ0) is 27.3. The minimum atomic E-state index is -0.622. The number of carbonyl (C=O) groups is 1. The van der Waals surface area contributed by atoms with E-state index in [1.165, 1.54) is 17.0 Å². The summed E-state index contributed by atoms with van der Waals surface area (Å²) in [6, 6.07) is 6.02. The fourth-order valence-electron chi connectivity index (χ4n) is 4.66. The van der Waals surface area contributed by atoms with Gasteiger partial charge >= 0.3 is 0 Å². The van der Waals surface area contributed by atoms with Crippen LogP contribution in [0.4, 0.5) is 5.69 Å². The molecular formula is C25H27N10O4+. The summed E-state index contributed by atoms with van der Waals surface area (Å²) >= 11 is 0. The van der Waals surface area contributed by atoms with Gasteiger partial charge in [-0.25, -0.2) is 9.97 Å². The molecule has 0 atom stereocenters. The molecule has 1 saturated carbocycles. The molecule has 1 amide bonds. The van der Waals surface area contributed by atoms with E-state index in [9.17, 15) is 9.59 Å². The molecule has 0 bridgehead atoms. The average molecular weight is 532 g/mol. The number of anilines is 1. The Balaban J connectivity index is 1.55. The van der Waals surface area contributed by atoms with Gasteiger partial charge in [0.15, 0.2) is 22.6 Å². The first-order valence-electron chi connectivity index (χ1n) is 12.6. The van der Waals surface area contributed by atoms with Gasteiger partial charge in [0, 0.05) is 26.1 Å². The van der Waals surface area contributed by atoms with Gasteiger partial charge in [-0.15, -0.1) is 4.68 Å². The number of amides is 1. The summed E-state index contributed by atoms with van der Waals surface area (Å²) in [4.78, 5) is 36.3. The fourth-order valence-corrected chi connectivity index (χ4v) is 4.66. The van der Waals surface area contributed by atoms with E-state index < -0.39 is 11.5 Å². The fraction of sp³-hybridized carbons (Fsp3) is 0.360. The number of rotatable bonds is 7. The lowest BCUT2D eigenvalue weighted by atomic mass is 9.92. The number of tetrazole rings is 1. The molecule has 0 unspecified atom stereocenters. The predicted molar refractivity (Wildman–Crippen MR) is 138 cm³/mol. The molecule has 0 spiro atoms. The highest BCUT2D eigenvalue weighted by Crippen LogP contribution is 2.38. The molecule has 0 radical (unpaired) electrons. The van der Waals surface area contributed by atoms with E-state index in [1.807, 2.05) is 32.2 Å². The van der Waals surface area contributed by atoms with Crippen LogP contribution in [-0.2, 0) is 14.1 Å². The van der Waals surface area contributed by atoms with Gasteiger partial charge in [0.25, 0.3) is 17.3 Å². The second-order valence-corrected chi connectivity index (χ2v) is 9.40. The molecule has 0 aliphatic heterocycles. The number of ether oxygens (including phenoxy) is 1. The Bertz CT molecular complexity index is 1760. The van der Waals surface area contributed by atoms with E-state index >= 15 is 0 Å². The quantitative estimate of drug-likeness (QED) is 0.310. The van der Waals surface area contributed by atoms with Crippen molar-refractivity contribution in [2.45, 2.75) is 39.2 Å². The Labute approximate surface area is 221 Å². The lowest BCUT2D eigenvalue weighted by molar-refractivity contribution is -0.737. The Kier molecular flexibility index (Phi) is 5.93. The number of imidazole rings is 1. The van der Waals surface area contributed by atoms with E-state index in [0.717, 1.165) is 41.8 Å². The lowest BCUT2D eigenvalue weighted by Gasteiger charge is -2.29. The highest BCUT2D eigenvalue weighted by molar-refractivity contribution is 6.04. The van der Waals surface area contributed by atoms with E-state index in [1.54, 1.807) is 23.3 Å². The van der Waals surface area contributed by atoms with Crippen LogP contribution in [0.1, 0.15) is 48.5 Å². The van der Waals surface area contributed by atoms with Crippen molar-refractivity contribution in [2.75, 3.05) is 11.9 Å². The van der Waals surface area contributed by atoms with Crippen LogP contribution in [0.2, 0.25) is 0 Å². The topological polar surface area (TPSA) is 152 Å². The number of hydrogen-bond donors (Lipinski definition) is 1. The van der Waals surface area contributed by atoms with Gasteiger partial charge in [-0.3, -0.25) is 14.2 Å². The van der Waals surface area contributed by atoms with E-state index in [4.69, 9.17) is 14.2 Å². The van der Waals surface area contributed by atoms with Crippen LogP contribution in [-0.4, -0.2) is 51.9 Å². The molecule has 1 fully saturated rings. The third-order valence-corrected chi connectivity index (χ3v) is 7.04. The molecule has 0 saturated heterocycles. The van der Waals surface area contributed by atoms with Crippen LogP contribution in [0.25, 0.3) is 28.4 Å². The molecular weight excluding hydrogens is 504 g/mol. The zero-order valence-corrected chi connectivity index (χ0v) is 22.0. The van der Waals surface area contributed by atoms with Crippen LogP contribution in [0.3, 0.4) is 0 Å². The van der Waals surface area contributed by atoms with Crippen molar-refractivity contribution in [3.63, 3.8) is 0 Å². The molecule has 1 aliphatic rings. The van der Waals surface area contributed by atoms with Gasteiger partial charge in [0.1, 0.15) is 22.9 Å². The van der Waals surface area contributed by atoms with E-state index in [2.05, 4.69) is 30.5 Å². The SMILES string of the molecule is CCOc1c(C(=O)Nc2cnoc2)nc(-c2nc3ccc(-n4nn[n+](C)c4C)cc3n2C2CCC2)n(C)c1=O. The molecule has 6 rings (SSSR count). The maximum absolute atomic E-state index is 13.5. The van der Waals surface area contributed by atoms with Crippen molar-refractivity contribution in [3.8, 4) is 23.1 Å². The van der Waals surface area contributed by atoms with Crippen molar-refractivity contribution in [2.24, 2.45) is 14.1 Å². The summed E-state index contributed by atoms with van der Waals surface area (Å²) in [6.45, 7) is 3.86. The van der Waals surface area contributed by atoms with Crippen LogP contribution in [0, 0.1) is 6.92 Å². The highest BCUT2D eigenvalue weighted by atomic mass is 16.5. The van der Waals surface area contributed by atoms with Gasteiger partial charge in [-0.1, -0.05) is 9.84 Å². The molecule has 5 aromatic rings. The minimum absolute atomic E-state index is 0.138. The van der Waals surface area contributed by atoms with Crippen LogP contribution >= 0.6 is 0 Å². The number of benzene rings is 1. The minimum Gasteiger partial charge on any atom is -0.486 e. The van der Waals surface area contributed by atoms with Crippen molar-refractivity contribution in [1.82, 2.24) is 39.4 Å². The predicted octanol–water partition coefficient (Wildman–Crippen LogP) is 1.87. The Morgan fingerprint density at radius 3 is 2.72 bits per heavy atom. The number of nitrogens with zero attached hydrogens (tertiary/aromatic N) is 9. The maximum atomic E-state index is 13.5. The monoisotopic (exact) mass is 531 g/mol. The number of nitrogens with one attached hydrogen (secondary N) is 1. The number of fused-ring (bicyclic) bond motifs is 1. The number of aryl methyl sites for hydroxylation is 1. The molecule has 4 heterocycles. The number of carbonyl (C=O) groups excluding carboxylic acids is 1. The first-order valence-corrected chi connectivity index (χ1v) is 12.6. The summed E-state index contributed by atoms with van der Waals surface area (Å²) in [6.07, 6.45) is 5.65. The third-order valence-electron chi connectivity index (χ3n) is 7.04. The zero-order valence-electron chi connectivity index (χ0n) is 22.0. The molecule has 39 heavy (non-hydrogen) atoms. The van der Waals surface area contributed by atoms with Crippen LogP contribution in [0.15, 0.2) is 40.0 Å².